The van der Waals surface area contributed by atoms with E-state index in [2.05, 4.69) is 151 Å². The van der Waals surface area contributed by atoms with E-state index in [1.54, 1.807) is 0 Å². The van der Waals surface area contributed by atoms with Crippen LogP contribution in [0.2, 0.25) is 0 Å². The van der Waals surface area contributed by atoms with Crippen molar-refractivity contribution < 1.29 is 0 Å². The molecular weight excluding hydrogens is 553 g/mol. The Labute approximate surface area is 268 Å². The lowest BCUT2D eigenvalue weighted by molar-refractivity contribution is 0.591. The van der Waals surface area contributed by atoms with E-state index in [-0.39, 0.29) is 10.8 Å². The molecule has 0 atom stereocenters. The Morgan fingerprint density at radius 2 is 0.609 bits per heavy atom. The van der Waals surface area contributed by atoms with Gasteiger partial charge in [-0.3, -0.25) is 0 Å². The Morgan fingerprint density at radius 1 is 0.283 bits per heavy atom. The molecule has 0 heterocycles. The van der Waals surface area contributed by atoms with Crippen molar-refractivity contribution in [3.05, 3.63) is 120 Å². The molecule has 0 saturated heterocycles. The van der Waals surface area contributed by atoms with Crippen LogP contribution in [-0.2, 0) is 10.8 Å². The lowest BCUT2D eigenvalue weighted by Crippen LogP contribution is -2.10. The molecule has 0 aliphatic heterocycles. The molecule has 10 aromatic carbocycles. The highest BCUT2D eigenvalue weighted by Crippen LogP contribution is 2.49. The van der Waals surface area contributed by atoms with Gasteiger partial charge in [0.2, 0.25) is 0 Å². The van der Waals surface area contributed by atoms with Crippen molar-refractivity contribution in [1.82, 2.24) is 0 Å². The Morgan fingerprint density at radius 3 is 0.957 bits per heavy atom. The molecule has 0 aromatic heterocycles. The first-order chi connectivity index (χ1) is 22.1. The molecule has 220 valence electrons. The Kier molecular flexibility index (Phi) is 4.83. The molecular formula is C46H36. The van der Waals surface area contributed by atoms with Crippen molar-refractivity contribution in [3.8, 4) is 0 Å². The summed E-state index contributed by atoms with van der Waals surface area (Å²) in [6.45, 7) is 13.9. The highest BCUT2D eigenvalue weighted by molar-refractivity contribution is 6.43. The fourth-order valence-corrected chi connectivity index (χ4v) is 8.57. The second-order valence-corrected chi connectivity index (χ2v) is 15.8. The predicted octanol–water partition coefficient (Wildman–Crippen LogP) is 13.5. The molecule has 10 aromatic rings. The van der Waals surface area contributed by atoms with Gasteiger partial charge >= 0.3 is 0 Å². The maximum absolute atomic E-state index is 2.48. The summed E-state index contributed by atoms with van der Waals surface area (Å²) in [7, 11) is 0. The van der Waals surface area contributed by atoms with E-state index in [1.807, 2.05) is 0 Å². The van der Waals surface area contributed by atoms with Gasteiger partial charge in [0.1, 0.15) is 0 Å². The fourth-order valence-electron chi connectivity index (χ4n) is 8.57. The minimum Gasteiger partial charge on any atom is -0.0616 e. The number of benzene rings is 10. The van der Waals surface area contributed by atoms with Gasteiger partial charge in [-0.05, 0) is 131 Å². The zero-order valence-electron chi connectivity index (χ0n) is 27.4. The van der Waals surface area contributed by atoms with Gasteiger partial charge in [-0.15, -0.1) is 0 Å². The van der Waals surface area contributed by atoms with E-state index >= 15 is 0 Å². The quantitative estimate of drug-likeness (QED) is 0.122. The minimum atomic E-state index is 0.0948. The van der Waals surface area contributed by atoms with Crippen LogP contribution in [0.4, 0.5) is 0 Å². The smallest absolute Gasteiger partial charge is 0.00134 e. The van der Waals surface area contributed by atoms with Crippen molar-refractivity contribution in [2.45, 2.75) is 52.4 Å². The Bertz CT molecular complexity index is 2670. The molecule has 0 saturated carbocycles. The standard InChI is InChI=1S/C46H36/c1-45(2,3)31-19-25-11-13-29-23-37-33-9-7-8-10-34(33)38-24-30-14-12-26-20-32(46(4,5)6)22-28-16-18-36(42(30)40(26)28)44(38)43(37)35-17-15-27(21-31)39(25)41(29)35/h7-24H,1-6H3. The second-order valence-electron chi connectivity index (χ2n) is 15.8. The van der Waals surface area contributed by atoms with Gasteiger partial charge in [-0.25, -0.2) is 0 Å². The number of hydrogen-bond acceptors (Lipinski definition) is 0. The average molecular weight is 589 g/mol. The first-order valence-corrected chi connectivity index (χ1v) is 16.7. The number of fused-ring (bicyclic) bond motifs is 8. The van der Waals surface area contributed by atoms with Gasteiger partial charge in [0.05, 0.1) is 0 Å². The molecule has 0 bridgehead atoms. The molecule has 0 aliphatic rings. The summed E-state index contributed by atoms with van der Waals surface area (Å²) in [5.41, 5.74) is 2.96. The first-order valence-electron chi connectivity index (χ1n) is 16.7. The van der Waals surface area contributed by atoms with Crippen LogP contribution in [-0.4, -0.2) is 0 Å². The van der Waals surface area contributed by atoms with E-state index in [1.165, 1.54) is 108 Å². The van der Waals surface area contributed by atoms with Crippen molar-refractivity contribution >= 4 is 97.0 Å². The highest BCUT2D eigenvalue weighted by atomic mass is 14.3. The van der Waals surface area contributed by atoms with E-state index in [0.717, 1.165) is 0 Å². The monoisotopic (exact) mass is 588 g/mol. The number of hydrogen-bond donors (Lipinski definition) is 0. The van der Waals surface area contributed by atoms with Crippen LogP contribution >= 0.6 is 0 Å². The molecule has 0 radical (unpaired) electrons. The fraction of sp³-hybridized carbons (Fsp3) is 0.174. The van der Waals surface area contributed by atoms with E-state index < -0.39 is 0 Å². The molecule has 0 unspecified atom stereocenters. The van der Waals surface area contributed by atoms with E-state index in [0.29, 0.717) is 0 Å². The predicted molar refractivity (Wildman–Crippen MR) is 204 cm³/mol. The largest absolute Gasteiger partial charge is 0.0616 e. The maximum Gasteiger partial charge on any atom is -0.00134 e. The Hall–Kier alpha value is -4.94. The molecule has 0 nitrogen and oxygen atoms in total. The van der Waals surface area contributed by atoms with Gasteiger partial charge in [0.25, 0.3) is 0 Å². The van der Waals surface area contributed by atoms with Crippen LogP contribution in [0.5, 0.6) is 0 Å². The molecule has 46 heavy (non-hydrogen) atoms. The van der Waals surface area contributed by atoms with Crippen molar-refractivity contribution in [1.29, 1.82) is 0 Å². The van der Waals surface area contributed by atoms with Crippen molar-refractivity contribution in [2.75, 3.05) is 0 Å². The minimum absolute atomic E-state index is 0.0948. The zero-order chi connectivity index (χ0) is 31.3. The number of rotatable bonds is 0. The van der Waals surface area contributed by atoms with Crippen LogP contribution in [0.25, 0.3) is 97.0 Å². The molecule has 0 fully saturated rings. The van der Waals surface area contributed by atoms with Crippen LogP contribution in [0.1, 0.15) is 52.7 Å². The summed E-state index contributed by atoms with van der Waals surface area (Å²) in [5, 5.41) is 24.3. The molecule has 0 heteroatoms. The van der Waals surface area contributed by atoms with Gasteiger partial charge in [0.15, 0.2) is 0 Å². The summed E-state index contributed by atoms with van der Waals surface area (Å²) in [4.78, 5) is 0. The van der Waals surface area contributed by atoms with Crippen LogP contribution < -0.4 is 0 Å². The first kappa shape index (κ1) is 26.3. The molecule has 10 rings (SSSR count). The SMILES string of the molecule is CC(C)(C)c1cc2ccc3cc4c5ccccc5c5cc6ccc7cc(C(C)(C)C)cc8ccc(c6c78)c5c4c4ccc(c1)c2c34. The lowest BCUT2D eigenvalue weighted by Gasteiger charge is -2.23. The van der Waals surface area contributed by atoms with Gasteiger partial charge in [0, 0.05) is 0 Å². The van der Waals surface area contributed by atoms with Crippen molar-refractivity contribution in [2.24, 2.45) is 0 Å². The summed E-state index contributed by atoms with van der Waals surface area (Å²) in [6, 6.07) is 42.7. The molecule has 0 spiro atoms. The highest BCUT2D eigenvalue weighted by Gasteiger charge is 2.22. The molecule has 0 N–H and O–H groups in total. The van der Waals surface area contributed by atoms with Crippen molar-refractivity contribution in [3.63, 3.8) is 0 Å². The second kappa shape index (κ2) is 8.45. The van der Waals surface area contributed by atoms with Gasteiger partial charge < -0.3 is 0 Å². The topological polar surface area (TPSA) is 0 Å². The van der Waals surface area contributed by atoms with Crippen LogP contribution in [0, 0.1) is 0 Å². The van der Waals surface area contributed by atoms with E-state index in [9.17, 15) is 0 Å². The zero-order valence-corrected chi connectivity index (χ0v) is 27.4. The third-order valence-corrected chi connectivity index (χ3v) is 10.9. The maximum atomic E-state index is 2.48. The third-order valence-electron chi connectivity index (χ3n) is 10.9. The lowest BCUT2D eigenvalue weighted by atomic mass is 9.80. The Balaban J connectivity index is 1.46. The summed E-state index contributed by atoms with van der Waals surface area (Å²) in [5.74, 6) is 0. The third kappa shape index (κ3) is 3.34. The van der Waals surface area contributed by atoms with Gasteiger partial charge in [-0.1, -0.05) is 139 Å². The van der Waals surface area contributed by atoms with Crippen LogP contribution in [0.15, 0.2) is 109 Å². The summed E-state index contributed by atoms with van der Waals surface area (Å²) < 4.78 is 0. The molecule has 0 amide bonds. The average Bonchev–Trinajstić information content (AvgIpc) is 3.04. The summed E-state index contributed by atoms with van der Waals surface area (Å²) >= 11 is 0. The summed E-state index contributed by atoms with van der Waals surface area (Å²) in [6.07, 6.45) is 0. The van der Waals surface area contributed by atoms with E-state index in [4.69, 9.17) is 0 Å². The molecule has 0 aliphatic carbocycles. The van der Waals surface area contributed by atoms with Gasteiger partial charge in [-0.2, -0.15) is 0 Å². The van der Waals surface area contributed by atoms with Crippen LogP contribution in [0.3, 0.4) is 0 Å². The normalized spacial score (nSPS) is 13.4.